The summed E-state index contributed by atoms with van der Waals surface area (Å²) in [6.07, 6.45) is 0.679. The van der Waals surface area contributed by atoms with E-state index in [1.807, 2.05) is 54.6 Å². The van der Waals surface area contributed by atoms with Crippen LogP contribution in [-0.4, -0.2) is 18.6 Å². The van der Waals surface area contributed by atoms with Crippen LogP contribution in [0.25, 0.3) is 0 Å². The lowest BCUT2D eigenvalue weighted by atomic mass is 10.2. The molecule has 1 N–H and O–H groups in total. The maximum atomic E-state index is 11.5. The van der Waals surface area contributed by atoms with Gasteiger partial charge in [0.1, 0.15) is 11.8 Å². The Hall–Kier alpha value is -2.49. The minimum absolute atomic E-state index is 0.209. The van der Waals surface area contributed by atoms with E-state index < -0.39 is 0 Å². The number of esters is 1. The van der Waals surface area contributed by atoms with Crippen molar-refractivity contribution in [3.63, 3.8) is 0 Å². The summed E-state index contributed by atoms with van der Waals surface area (Å²) in [5.41, 5.74) is 0.792. The molecule has 0 saturated carbocycles. The predicted octanol–water partition coefficient (Wildman–Crippen LogP) is 3.21. The Bertz CT molecular complexity index is 598. The quantitative estimate of drug-likeness (QED) is 0.866. The molecule has 20 heavy (non-hydrogen) atoms. The van der Waals surface area contributed by atoms with E-state index in [2.05, 4.69) is 5.32 Å². The fraction of sp³-hybridized carbons (Fsp3) is 0.188. The zero-order valence-electron chi connectivity index (χ0n) is 10.9. The van der Waals surface area contributed by atoms with Gasteiger partial charge in [-0.15, -0.1) is 0 Å². The summed E-state index contributed by atoms with van der Waals surface area (Å²) in [5.74, 6) is 1.24. The number of carbonyl (C=O) groups excluding carboxylic acids is 1. The van der Waals surface area contributed by atoms with Crippen LogP contribution in [-0.2, 0) is 9.53 Å². The summed E-state index contributed by atoms with van der Waals surface area (Å²) in [4.78, 5) is 11.5. The van der Waals surface area contributed by atoms with E-state index in [1.54, 1.807) is 0 Å². The number of cyclic esters (lactones) is 1. The first kappa shape index (κ1) is 12.5. The fourth-order valence-electron chi connectivity index (χ4n) is 2.11. The van der Waals surface area contributed by atoms with Crippen molar-refractivity contribution in [2.24, 2.45) is 0 Å². The van der Waals surface area contributed by atoms with Crippen LogP contribution in [0.1, 0.15) is 6.42 Å². The van der Waals surface area contributed by atoms with Crippen molar-refractivity contribution in [3.8, 4) is 11.5 Å². The van der Waals surface area contributed by atoms with Crippen molar-refractivity contribution in [1.82, 2.24) is 0 Å². The van der Waals surface area contributed by atoms with Crippen LogP contribution < -0.4 is 10.1 Å². The first-order chi connectivity index (χ1) is 9.83. The zero-order chi connectivity index (χ0) is 13.8. The van der Waals surface area contributed by atoms with E-state index in [-0.39, 0.29) is 12.0 Å². The summed E-state index contributed by atoms with van der Waals surface area (Å²) < 4.78 is 10.8. The van der Waals surface area contributed by atoms with Crippen LogP contribution in [0.5, 0.6) is 11.5 Å². The van der Waals surface area contributed by atoms with Gasteiger partial charge in [0.2, 0.25) is 0 Å². The van der Waals surface area contributed by atoms with Gasteiger partial charge in [0.15, 0.2) is 5.75 Å². The molecule has 2 aromatic rings. The number of rotatable bonds is 4. The second-order valence-electron chi connectivity index (χ2n) is 4.56. The Kier molecular flexibility index (Phi) is 3.54. The molecule has 1 heterocycles. The van der Waals surface area contributed by atoms with Gasteiger partial charge in [0.25, 0.3) is 0 Å². The highest BCUT2D eigenvalue weighted by Crippen LogP contribution is 2.30. The molecule has 0 unspecified atom stereocenters. The van der Waals surface area contributed by atoms with Crippen LogP contribution in [0.2, 0.25) is 0 Å². The van der Waals surface area contributed by atoms with Gasteiger partial charge in [-0.2, -0.15) is 0 Å². The Morgan fingerprint density at radius 1 is 1.05 bits per heavy atom. The van der Waals surface area contributed by atoms with Gasteiger partial charge in [0, 0.05) is 6.42 Å². The summed E-state index contributed by atoms with van der Waals surface area (Å²) in [6, 6.07) is 16.8. The van der Waals surface area contributed by atoms with E-state index in [0.29, 0.717) is 18.8 Å². The molecule has 2 aromatic carbocycles. The number of anilines is 1. The van der Waals surface area contributed by atoms with Gasteiger partial charge in [-0.3, -0.25) is 0 Å². The van der Waals surface area contributed by atoms with E-state index in [9.17, 15) is 4.79 Å². The highest BCUT2D eigenvalue weighted by atomic mass is 16.5. The average Bonchev–Trinajstić information content (AvgIpc) is 2.88. The third kappa shape index (κ3) is 2.74. The third-order valence-corrected chi connectivity index (χ3v) is 3.12. The molecule has 1 saturated heterocycles. The van der Waals surface area contributed by atoms with Crippen LogP contribution in [0.4, 0.5) is 5.69 Å². The second-order valence-corrected chi connectivity index (χ2v) is 4.56. The molecule has 0 bridgehead atoms. The van der Waals surface area contributed by atoms with Crippen molar-refractivity contribution >= 4 is 11.7 Å². The average molecular weight is 269 g/mol. The van der Waals surface area contributed by atoms with Crippen molar-refractivity contribution < 1.29 is 14.3 Å². The van der Waals surface area contributed by atoms with E-state index in [0.717, 1.165) is 11.4 Å². The number of para-hydroxylation sites is 3. The Morgan fingerprint density at radius 2 is 1.80 bits per heavy atom. The Balaban J connectivity index is 1.79. The van der Waals surface area contributed by atoms with E-state index >= 15 is 0 Å². The van der Waals surface area contributed by atoms with Gasteiger partial charge >= 0.3 is 5.97 Å². The smallest absolute Gasteiger partial charge is 0.328 e. The minimum atomic E-state index is -0.296. The van der Waals surface area contributed by atoms with E-state index in [4.69, 9.17) is 9.47 Å². The molecular weight excluding hydrogens is 254 g/mol. The summed E-state index contributed by atoms with van der Waals surface area (Å²) in [5, 5.41) is 3.18. The SMILES string of the molecule is O=C1OCC[C@@H]1Nc1ccccc1Oc1ccccc1. The number of hydrogen-bond acceptors (Lipinski definition) is 4. The first-order valence-electron chi connectivity index (χ1n) is 6.58. The van der Waals surface area contributed by atoms with Crippen LogP contribution in [0.3, 0.4) is 0 Å². The topological polar surface area (TPSA) is 47.6 Å². The molecule has 1 atom stereocenters. The number of carbonyl (C=O) groups is 1. The first-order valence-corrected chi connectivity index (χ1v) is 6.58. The van der Waals surface area contributed by atoms with Crippen molar-refractivity contribution in [3.05, 3.63) is 54.6 Å². The Labute approximate surface area is 117 Å². The maximum absolute atomic E-state index is 11.5. The number of benzene rings is 2. The van der Waals surface area contributed by atoms with Gasteiger partial charge in [0.05, 0.1) is 12.3 Å². The molecule has 4 heteroatoms. The molecule has 0 radical (unpaired) electrons. The van der Waals surface area contributed by atoms with Gasteiger partial charge in [-0.1, -0.05) is 30.3 Å². The standard InChI is InChI=1S/C16H15NO3/c18-16-14(10-11-19-16)17-13-8-4-5-9-15(13)20-12-6-2-1-3-7-12/h1-9,14,17H,10-11H2/t14-/m0/s1. The molecule has 0 aromatic heterocycles. The summed E-state index contributed by atoms with van der Waals surface area (Å²) >= 11 is 0. The number of ether oxygens (including phenoxy) is 2. The van der Waals surface area contributed by atoms with Gasteiger partial charge in [-0.25, -0.2) is 4.79 Å². The molecule has 1 aliphatic rings. The van der Waals surface area contributed by atoms with Crippen molar-refractivity contribution in [1.29, 1.82) is 0 Å². The van der Waals surface area contributed by atoms with Crippen LogP contribution in [0, 0.1) is 0 Å². The zero-order valence-corrected chi connectivity index (χ0v) is 10.9. The molecule has 4 nitrogen and oxygen atoms in total. The predicted molar refractivity (Wildman–Crippen MR) is 75.9 cm³/mol. The van der Waals surface area contributed by atoms with E-state index in [1.165, 1.54) is 0 Å². The highest BCUT2D eigenvalue weighted by Gasteiger charge is 2.26. The molecule has 3 rings (SSSR count). The molecule has 0 amide bonds. The largest absolute Gasteiger partial charge is 0.464 e. The van der Waals surface area contributed by atoms with Crippen LogP contribution in [0.15, 0.2) is 54.6 Å². The fourth-order valence-corrected chi connectivity index (χ4v) is 2.11. The molecular formula is C16H15NO3. The lowest BCUT2D eigenvalue weighted by Gasteiger charge is -2.15. The lowest BCUT2D eigenvalue weighted by molar-refractivity contribution is -0.138. The highest BCUT2D eigenvalue weighted by molar-refractivity contribution is 5.81. The number of nitrogens with one attached hydrogen (secondary N) is 1. The van der Waals surface area contributed by atoms with Gasteiger partial charge in [-0.05, 0) is 24.3 Å². The maximum Gasteiger partial charge on any atom is 0.328 e. The molecule has 0 aliphatic carbocycles. The monoisotopic (exact) mass is 269 g/mol. The minimum Gasteiger partial charge on any atom is -0.464 e. The van der Waals surface area contributed by atoms with Crippen LogP contribution >= 0.6 is 0 Å². The molecule has 1 fully saturated rings. The number of hydrogen-bond donors (Lipinski definition) is 1. The second kappa shape index (κ2) is 5.65. The van der Waals surface area contributed by atoms with Gasteiger partial charge < -0.3 is 14.8 Å². The normalized spacial score (nSPS) is 17.6. The molecule has 0 spiro atoms. The summed E-state index contributed by atoms with van der Waals surface area (Å²) in [7, 11) is 0. The summed E-state index contributed by atoms with van der Waals surface area (Å²) in [6.45, 7) is 0.470. The third-order valence-electron chi connectivity index (χ3n) is 3.12. The van der Waals surface area contributed by atoms with Crippen molar-refractivity contribution in [2.75, 3.05) is 11.9 Å². The van der Waals surface area contributed by atoms with Crippen molar-refractivity contribution in [2.45, 2.75) is 12.5 Å². The molecule has 1 aliphatic heterocycles. The Morgan fingerprint density at radius 3 is 2.55 bits per heavy atom. The molecule has 102 valence electrons. The lowest BCUT2D eigenvalue weighted by Crippen LogP contribution is -2.24.